The smallest absolute Gasteiger partial charge is 0.328 e. The molecule has 0 spiro atoms. The van der Waals surface area contributed by atoms with Crippen LogP contribution in [0.4, 0.5) is 8.78 Å². The molecule has 0 aliphatic carbocycles. The molecule has 1 amide bonds. The number of amides is 1. The summed E-state index contributed by atoms with van der Waals surface area (Å²) in [6, 6.07) is 0.416. The van der Waals surface area contributed by atoms with Gasteiger partial charge >= 0.3 is 5.97 Å². The molecule has 4 nitrogen and oxygen atoms in total. The van der Waals surface area contributed by atoms with Crippen molar-refractivity contribution in [3.63, 3.8) is 0 Å². The zero-order valence-electron chi connectivity index (χ0n) is 12.1. The third kappa shape index (κ3) is 4.97. The number of esters is 1. The molecule has 0 radical (unpaired) electrons. The third-order valence-corrected chi connectivity index (χ3v) is 2.68. The van der Waals surface area contributed by atoms with E-state index in [0.29, 0.717) is 12.1 Å². The highest BCUT2D eigenvalue weighted by molar-refractivity contribution is 6.33. The molecule has 116 valence electrons. The minimum absolute atomic E-state index is 0.247. The molecule has 0 bridgehead atoms. The van der Waals surface area contributed by atoms with Crippen LogP contribution in [-0.4, -0.2) is 23.5 Å². The lowest BCUT2D eigenvalue weighted by Crippen LogP contribution is -2.42. The van der Waals surface area contributed by atoms with Crippen LogP contribution in [0, 0.1) is 11.6 Å². The van der Waals surface area contributed by atoms with E-state index >= 15 is 0 Å². The van der Waals surface area contributed by atoms with Gasteiger partial charge in [0.15, 0.2) is 11.6 Å². The monoisotopic (exact) mass is 319 g/mol. The molecule has 0 aliphatic heterocycles. The first-order valence-corrected chi connectivity index (χ1v) is 6.57. The van der Waals surface area contributed by atoms with Crippen LogP contribution in [0.3, 0.4) is 0 Å². The lowest BCUT2D eigenvalue weighted by molar-refractivity contribution is -0.156. The van der Waals surface area contributed by atoms with Crippen LogP contribution < -0.4 is 5.32 Å². The number of benzene rings is 1. The molecule has 21 heavy (non-hydrogen) atoms. The molecule has 0 saturated carbocycles. The predicted octanol–water partition coefficient (Wildman–Crippen LogP) is 3.08. The van der Waals surface area contributed by atoms with Gasteiger partial charge in [-0.15, -0.1) is 0 Å². The van der Waals surface area contributed by atoms with Gasteiger partial charge in [0.2, 0.25) is 0 Å². The summed E-state index contributed by atoms with van der Waals surface area (Å²) in [5.41, 5.74) is -0.957. The molecule has 0 unspecified atom stereocenters. The first-order chi connectivity index (χ1) is 9.51. The van der Waals surface area contributed by atoms with Gasteiger partial charge in [0, 0.05) is 0 Å². The van der Waals surface area contributed by atoms with Crippen LogP contribution in [0.25, 0.3) is 0 Å². The summed E-state index contributed by atoms with van der Waals surface area (Å²) >= 11 is 5.68. The van der Waals surface area contributed by atoms with Crippen LogP contribution in [0.1, 0.15) is 38.1 Å². The maximum Gasteiger partial charge on any atom is 0.328 e. The molecule has 1 rings (SSSR count). The molecule has 1 aromatic carbocycles. The van der Waals surface area contributed by atoms with Gasteiger partial charge in [-0.3, -0.25) is 4.79 Å². The molecule has 7 heteroatoms. The Morgan fingerprint density at radius 3 is 2.29 bits per heavy atom. The summed E-state index contributed by atoms with van der Waals surface area (Å²) in [5, 5.41) is 2.07. The van der Waals surface area contributed by atoms with E-state index in [-0.39, 0.29) is 10.6 Å². The standard InChI is InChI=1S/C14H16ClF2NO3/c1-7(13(20)21-14(2,3)4)18-12(19)8-5-10(16)11(17)6-9(8)15/h5-7H,1-4H3,(H,18,19)/t7-/m0/s1. The van der Waals surface area contributed by atoms with Gasteiger partial charge in [-0.2, -0.15) is 0 Å². The van der Waals surface area contributed by atoms with E-state index in [2.05, 4.69) is 5.32 Å². The molecular weight excluding hydrogens is 304 g/mol. The zero-order valence-corrected chi connectivity index (χ0v) is 12.8. The van der Waals surface area contributed by atoms with Crippen LogP contribution in [-0.2, 0) is 9.53 Å². The van der Waals surface area contributed by atoms with E-state index in [1.54, 1.807) is 20.8 Å². The largest absolute Gasteiger partial charge is 0.458 e. The predicted molar refractivity (Wildman–Crippen MR) is 74.1 cm³/mol. The summed E-state index contributed by atoms with van der Waals surface area (Å²) in [5.74, 6) is -3.79. The number of hydrogen-bond acceptors (Lipinski definition) is 3. The normalized spacial score (nSPS) is 12.7. The molecule has 1 atom stereocenters. The number of rotatable bonds is 3. The van der Waals surface area contributed by atoms with Gasteiger partial charge in [-0.25, -0.2) is 13.6 Å². The zero-order chi connectivity index (χ0) is 16.4. The van der Waals surface area contributed by atoms with Crippen LogP contribution in [0.2, 0.25) is 5.02 Å². The Morgan fingerprint density at radius 1 is 1.24 bits per heavy atom. The molecule has 0 aliphatic rings. The van der Waals surface area contributed by atoms with Crippen molar-refractivity contribution in [1.82, 2.24) is 5.32 Å². The molecule has 1 N–H and O–H groups in total. The van der Waals surface area contributed by atoms with Crippen molar-refractivity contribution in [3.8, 4) is 0 Å². The Kier molecular flexibility index (Phi) is 5.28. The Bertz CT molecular complexity index is 570. The number of carbonyl (C=O) groups excluding carboxylic acids is 2. The van der Waals surface area contributed by atoms with Crippen molar-refractivity contribution in [3.05, 3.63) is 34.4 Å². The average Bonchev–Trinajstić information content (AvgIpc) is 2.31. The summed E-state index contributed by atoms with van der Waals surface area (Å²) in [4.78, 5) is 23.6. The van der Waals surface area contributed by atoms with E-state index in [0.717, 1.165) is 0 Å². The molecular formula is C14H16ClF2NO3. The van der Waals surface area contributed by atoms with Crippen LogP contribution in [0.5, 0.6) is 0 Å². The van der Waals surface area contributed by atoms with Gasteiger partial charge in [-0.05, 0) is 39.8 Å². The fraction of sp³-hybridized carbons (Fsp3) is 0.429. The number of ether oxygens (including phenoxy) is 1. The molecule has 1 aromatic rings. The van der Waals surface area contributed by atoms with Gasteiger partial charge in [0.05, 0.1) is 10.6 Å². The van der Waals surface area contributed by atoms with Gasteiger partial charge in [-0.1, -0.05) is 11.6 Å². The van der Waals surface area contributed by atoms with Gasteiger partial charge in [0.1, 0.15) is 11.6 Å². The van der Waals surface area contributed by atoms with E-state index < -0.39 is 35.2 Å². The molecule has 0 fully saturated rings. The number of carbonyl (C=O) groups is 2. The summed E-state index contributed by atoms with van der Waals surface area (Å²) < 4.78 is 31.2. The summed E-state index contributed by atoms with van der Waals surface area (Å²) in [7, 11) is 0. The third-order valence-electron chi connectivity index (χ3n) is 2.36. The maximum atomic E-state index is 13.1. The van der Waals surface area contributed by atoms with E-state index in [1.807, 2.05) is 0 Å². The minimum Gasteiger partial charge on any atom is -0.458 e. The lowest BCUT2D eigenvalue weighted by Gasteiger charge is -2.22. The van der Waals surface area contributed by atoms with Crippen molar-refractivity contribution in [2.24, 2.45) is 0 Å². The second-order valence-electron chi connectivity index (χ2n) is 5.47. The molecule has 0 aromatic heterocycles. The topological polar surface area (TPSA) is 55.4 Å². The summed E-state index contributed by atoms with van der Waals surface area (Å²) in [6.07, 6.45) is 0. The van der Waals surface area contributed by atoms with Crippen molar-refractivity contribution in [2.75, 3.05) is 0 Å². The number of nitrogens with one attached hydrogen (secondary N) is 1. The highest BCUT2D eigenvalue weighted by atomic mass is 35.5. The average molecular weight is 320 g/mol. The Labute approximate surface area is 126 Å². The van der Waals surface area contributed by atoms with E-state index in [4.69, 9.17) is 16.3 Å². The van der Waals surface area contributed by atoms with Crippen molar-refractivity contribution in [1.29, 1.82) is 0 Å². The van der Waals surface area contributed by atoms with Crippen molar-refractivity contribution in [2.45, 2.75) is 39.3 Å². The highest BCUT2D eigenvalue weighted by Crippen LogP contribution is 2.20. The summed E-state index contributed by atoms with van der Waals surface area (Å²) in [6.45, 7) is 6.47. The van der Waals surface area contributed by atoms with Gasteiger partial charge < -0.3 is 10.1 Å². The van der Waals surface area contributed by atoms with Crippen molar-refractivity contribution < 1.29 is 23.1 Å². The van der Waals surface area contributed by atoms with Gasteiger partial charge in [0.25, 0.3) is 5.91 Å². The molecule has 0 saturated heterocycles. The van der Waals surface area contributed by atoms with Crippen LogP contribution >= 0.6 is 11.6 Å². The fourth-order valence-electron chi connectivity index (χ4n) is 1.42. The Hall–Kier alpha value is -1.69. The second-order valence-corrected chi connectivity index (χ2v) is 5.88. The van der Waals surface area contributed by atoms with Crippen LogP contribution in [0.15, 0.2) is 12.1 Å². The minimum atomic E-state index is -1.20. The quantitative estimate of drug-likeness (QED) is 0.688. The number of halogens is 3. The first-order valence-electron chi connectivity index (χ1n) is 6.19. The Morgan fingerprint density at radius 2 is 1.76 bits per heavy atom. The fourth-order valence-corrected chi connectivity index (χ4v) is 1.66. The SMILES string of the molecule is C[C@H](NC(=O)c1cc(F)c(F)cc1Cl)C(=O)OC(C)(C)C. The lowest BCUT2D eigenvalue weighted by atomic mass is 10.1. The van der Waals surface area contributed by atoms with E-state index in [1.165, 1.54) is 6.92 Å². The second kappa shape index (κ2) is 6.39. The first kappa shape index (κ1) is 17.4. The maximum absolute atomic E-state index is 13.1. The van der Waals surface area contributed by atoms with Crippen molar-refractivity contribution >= 4 is 23.5 Å². The molecule has 0 heterocycles. The number of hydrogen-bond donors (Lipinski definition) is 1. The highest BCUT2D eigenvalue weighted by Gasteiger charge is 2.24. The Balaban J connectivity index is 2.82. The van der Waals surface area contributed by atoms with E-state index in [9.17, 15) is 18.4 Å².